The Morgan fingerprint density at radius 3 is 2.28 bits per heavy atom. The maximum atomic E-state index is 13.7. The van der Waals surface area contributed by atoms with Crippen molar-refractivity contribution in [2.75, 3.05) is 5.32 Å². The molecule has 0 saturated heterocycles. The number of amides is 3. The van der Waals surface area contributed by atoms with Crippen LogP contribution in [0.15, 0.2) is 42.5 Å². The third-order valence-electron chi connectivity index (χ3n) is 4.42. The first kappa shape index (κ1) is 23.8. The van der Waals surface area contributed by atoms with Gasteiger partial charge in [-0.1, -0.05) is 40.9 Å². The molecule has 166 valence electrons. The summed E-state index contributed by atoms with van der Waals surface area (Å²) in [5.74, 6) is -2.82. The maximum Gasteiger partial charge on any atom is 0.326 e. The maximum absolute atomic E-state index is 13.7. The first-order valence-electron chi connectivity index (χ1n) is 9.07. The molecule has 0 fully saturated rings. The van der Waals surface area contributed by atoms with Gasteiger partial charge in [-0.3, -0.25) is 10.1 Å². The number of carbonyl (C=O) groups is 2. The van der Waals surface area contributed by atoms with Crippen molar-refractivity contribution in [1.29, 1.82) is 0 Å². The van der Waals surface area contributed by atoms with Gasteiger partial charge in [0, 0.05) is 16.8 Å². The van der Waals surface area contributed by atoms with Gasteiger partial charge in [-0.15, -0.1) is 0 Å². The van der Waals surface area contributed by atoms with Gasteiger partial charge in [0.25, 0.3) is 5.91 Å². The van der Waals surface area contributed by atoms with Crippen LogP contribution in [0.3, 0.4) is 0 Å². The van der Waals surface area contributed by atoms with Crippen LogP contribution in [0.1, 0.15) is 21.5 Å². The number of aryl methyl sites for hydroxylation is 1. The number of imide groups is 1. The third-order valence-corrected chi connectivity index (χ3v) is 5.42. The van der Waals surface area contributed by atoms with Crippen molar-refractivity contribution in [1.82, 2.24) is 5.32 Å². The van der Waals surface area contributed by atoms with Crippen LogP contribution >= 0.6 is 34.8 Å². The Morgan fingerprint density at radius 2 is 1.62 bits per heavy atom. The zero-order valence-corrected chi connectivity index (χ0v) is 18.9. The highest BCUT2D eigenvalue weighted by Gasteiger charge is 2.21. The van der Waals surface area contributed by atoms with Crippen molar-refractivity contribution in [3.63, 3.8) is 0 Å². The van der Waals surface area contributed by atoms with Gasteiger partial charge in [-0.25, -0.2) is 13.6 Å². The molecule has 0 heterocycles. The average Bonchev–Trinajstić information content (AvgIpc) is 2.71. The molecule has 3 amide bonds. The summed E-state index contributed by atoms with van der Waals surface area (Å²) in [5.41, 5.74) is 0.357. The fraction of sp³-hybridized carbons (Fsp3) is 0.0909. The van der Waals surface area contributed by atoms with E-state index in [4.69, 9.17) is 39.5 Å². The van der Waals surface area contributed by atoms with Gasteiger partial charge in [-0.05, 0) is 55.3 Å². The zero-order chi connectivity index (χ0) is 23.6. The molecule has 2 N–H and O–H groups in total. The second-order valence-corrected chi connectivity index (χ2v) is 7.91. The van der Waals surface area contributed by atoms with E-state index in [0.29, 0.717) is 32.7 Å². The largest absolute Gasteiger partial charge is 0.454 e. The summed E-state index contributed by atoms with van der Waals surface area (Å²) >= 11 is 18.5. The second kappa shape index (κ2) is 9.73. The highest BCUT2D eigenvalue weighted by molar-refractivity contribution is 6.35. The van der Waals surface area contributed by atoms with Gasteiger partial charge in [0.1, 0.15) is 28.7 Å². The fourth-order valence-corrected chi connectivity index (χ4v) is 3.41. The van der Waals surface area contributed by atoms with Crippen molar-refractivity contribution in [3.05, 3.63) is 85.9 Å². The monoisotopic (exact) mass is 498 g/mol. The standard InChI is InChI=1S/C22H15Cl3F2N2O3/c1-10-8-16(28-22(31)29-21(30)18-14(26)4-3-5-15(18)27)11(2)19(25)20(10)32-17-9-12(23)6-7-13(17)24/h3-9H,1-2H3,(H2,28,29,30,31). The molecular weight excluding hydrogens is 485 g/mol. The molecule has 3 aromatic carbocycles. The van der Waals surface area contributed by atoms with Crippen molar-refractivity contribution in [2.45, 2.75) is 13.8 Å². The van der Waals surface area contributed by atoms with Gasteiger partial charge >= 0.3 is 6.03 Å². The summed E-state index contributed by atoms with van der Waals surface area (Å²) in [6, 6.07) is 8.20. The lowest BCUT2D eigenvalue weighted by Crippen LogP contribution is -2.35. The molecule has 32 heavy (non-hydrogen) atoms. The number of nitrogens with one attached hydrogen (secondary N) is 2. The fourth-order valence-electron chi connectivity index (χ4n) is 2.81. The van der Waals surface area contributed by atoms with Gasteiger partial charge in [0.15, 0.2) is 0 Å². The van der Waals surface area contributed by atoms with Crippen LogP contribution in [0.25, 0.3) is 0 Å². The lowest BCUT2D eigenvalue weighted by Gasteiger charge is -2.17. The molecule has 10 heteroatoms. The molecule has 0 bridgehead atoms. The molecule has 3 rings (SSSR count). The molecule has 0 saturated carbocycles. The predicted octanol–water partition coefficient (Wildman–Crippen LogP) is 7.30. The predicted molar refractivity (Wildman–Crippen MR) is 120 cm³/mol. The Balaban J connectivity index is 1.81. The van der Waals surface area contributed by atoms with E-state index in [2.05, 4.69) is 5.32 Å². The van der Waals surface area contributed by atoms with E-state index in [1.165, 1.54) is 6.07 Å². The number of anilines is 1. The number of hydrogen-bond donors (Lipinski definition) is 2. The molecule has 5 nitrogen and oxygen atoms in total. The molecule has 0 aliphatic rings. The van der Waals surface area contributed by atoms with Crippen molar-refractivity contribution in [2.24, 2.45) is 0 Å². The summed E-state index contributed by atoms with van der Waals surface area (Å²) < 4.78 is 33.3. The minimum Gasteiger partial charge on any atom is -0.454 e. The van der Waals surface area contributed by atoms with E-state index in [1.54, 1.807) is 32.0 Å². The van der Waals surface area contributed by atoms with Crippen molar-refractivity contribution < 1.29 is 23.1 Å². The minimum absolute atomic E-state index is 0.183. The molecule has 0 aromatic heterocycles. The summed E-state index contributed by atoms with van der Waals surface area (Å²) in [6.45, 7) is 3.30. The van der Waals surface area contributed by atoms with E-state index in [9.17, 15) is 18.4 Å². The van der Waals surface area contributed by atoms with Crippen molar-refractivity contribution in [3.8, 4) is 11.5 Å². The smallest absolute Gasteiger partial charge is 0.326 e. The minimum atomic E-state index is -1.23. The summed E-state index contributed by atoms with van der Waals surface area (Å²) in [6.07, 6.45) is 0. The number of ether oxygens (including phenoxy) is 1. The normalized spacial score (nSPS) is 10.6. The Morgan fingerprint density at radius 1 is 0.969 bits per heavy atom. The molecule has 0 aliphatic heterocycles. The number of carbonyl (C=O) groups excluding carboxylic acids is 2. The van der Waals surface area contributed by atoms with Gasteiger partial charge in [0.05, 0.1) is 10.0 Å². The quantitative estimate of drug-likeness (QED) is 0.396. The number of hydrogen-bond acceptors (Lipinski definition) is 3. The number of halogens is 5. The van der Waals surface area contributed by atoms with Crippen LogP contribution in [0.4, 0.5) is 19.3 Å². The summed E-state index contributed by atoms with van der Waals surface area (Å²) in [7, 11) is 0. The SMILES string of the molecule is Cc1cc(NC(=O)NC(=O)c2c(F)cccc2F)c(C)c(Cl)c1Oc1cc(Cl)ccc1Cl. The lowest BCUT2D eigenvalue weighted by molar-refractivity contribution is 0.0959. The van der Waals surface area contributed by atoms with Gasteiger partial charge in [0.2, 0.25) is 0 Å². The van der Waals surface area contributed by atoms with E-state index in [-0.39, 0.29) is 10.7 Å². The molecule has 0 aliphatic carbocycles. The van der Waals surface area contributed by atoms with Gasteiger partial charge < -0.3 is 10.1 Å². The Kier molecular flexibility index (Phi) is 7.23. The molecular formula is C22H15Cl3F2N2O3. The Labute approximate surface area is 197 Å². The molecule has 3 aromatic rings. The number of benzene rings is 3. The van der Waals surface area contributed by atoms with Crippen LogP contribution in [-0.2, 0) is 0 Å². The average molecular weight is 500 g/mol. The molecule has 0 atom stereocenters. The third kappa shape index (κ3) is 5.12. The Bertz CT molecular complexity index is 1220. The van der Waals surface area contributed by atoms with E-state index in [1.807, 2.05) is 5.32 Å². The van der Waals surface area contributed by atoms with Crippen LogP contribution in [0.5, 0.6) is 11.5 Å². The zero-order valence-electron chi connectivity index (χ0n) is 16.7. The van der Waals surface area contributed by atoms with Crippen LogP contribution in [-0.4, -0.2) is 11.9 Å². The molecule has 0 spiro atoms. The van der Waals surface area contributed by atoms with E-state index in [0.717, 1.165) is 18.2 Å². The number of urea groups is 1. The number of rotatable bonds is 4. The molecule has 0 unspecified atom stereocenters. The van der Waals surface area contributed by atoms with Crippen molar-refractivity contribution >= 4 is 52.4 Å². The first-order chi connectivity index (χ1) is 15.1. The highest BCUT2D eigenvalue weighted by atomic mass is 35.5. The topological polar surface area (TPSA) is 67.4 Å². The van der Waals surface area contributed by atoms with E-state index >= 15 is 0 Å². The van der Waals surface area contributed by atoms with Crippen LogP contribution in [0, 0.1) is 25.5 Å². The first-order valence-corrected chi connectivity index (χ1v) is 10.2. The van der Waals surface area contributed by atoms with Crippen LogP contribution < -0.4 is 15.4 Å². The van der Waals surface area contributed by atoms with E-state index < -0.39 is 29.1 Å². The highest BCUT2D eigenvalue weighted by Crippen LogP contribution is 2.41. The molecule has 0 radical (unpaired) electrons. The Hall–Kier alpha value is -2.87. The summed E-state index contributed by atoms with van der Waals surface area (Å²) in [4.78, 5) is 24.4. The second-order valence-electron chi connectivity index (χ2n) is 6.69. The van der Waals surface area contributed by atoms with Crippen LogP contribution in [0.2, 0.25) is 15.1 Å². The lowest BCUT2D eigenvalue weighted by atomic mass is 10.1. The van der Waals surface area contributed by atoms with Gasteiger partial charge in [-0.2, -0.15) is 0 Å². The summed E-state index contributed by atoms with van der Waals surface area (Å²) in [5, 5.41) is 5.25.